The highest BCUT2D eigenvalue weighted by atomic mass is 16.3. The molecule has 11 heavy (non-hydrogen) atoms. The summed E-state index contributed by atoms with van der Waals surface area (Å²) in [6, 6.07) is 0.653. The molecule has 0 radical (unpaired) electrons. The smallest absolute Gasteiger partial charge is 0.0746 e. The molecule has 66 valence electrons. The van der Waals surface area contributed by atoms with Crippen molar-refractivity contribution >= 4 is 0 Å². The largest absolute Gasteiger partial charge is 0.389 e. The van der Waals surface area contributed by atoms with Crippen LogP contribution in [0.4, 0.5) is 0 Å². The van der Waals surface area contributed by atoms with Crippen molar-refractivity contribution in [1.82, 2.24) is 4.90 Å². The molecule has 0 amide bonds. The molecule has 2 nitrogen and oxygen atoms in total. The van der Waals surface area contributed by atoms with Crippen LogP contribution < -0.4 is 0 Å². The van der Waals surface area contributed by atoms with Gasteiger partial charge in [0.2, 0.25) is 0 Å². The minimum absolute atomic E-state index is 0.442. The number of aliphatic hydroxyl groups is 1. The lowest BCUT2D eigenvalue weighted by Gasteiger charge is -2.40. The second-order valence-electron chi connectivity index (χ2n) is 3.95. The maximum atomic E-state index is 9.75. The van der Waals surface area contributed by atoms with E-state index in [2.05, 4.69) is 18.7 Å². The van der Waals surface area contributed by atoms with Crippen LogP contribution in [-0.4, -0.2) is 34.7 Å². The summed E-state index contributed by atoms with van der Waals surface area (Å²) in [6.45, 7) is 8.21. The number of piperidine rings is 1. The third kappa shape index (κ3) is 2.17. The summed E-state index contributed by atoms with van der Waals surface area (Å²) in [4.78, 5) is 2.34. The SMILES string of the molecule is CCN1C[C@@](C)(O)CC[C@H]1C. The minimum atomic E-state index is -0.442. The molecule has 2 atom stereocenters. The number of likely N-dealkylation sites (tertiary alicyclic amines) is 1. The Balaban J connectivity index is 2.51. The Kier molecular flexibility index (Phi) is 2.55. The Morgan fingerprint density at radius 2 is 2.27 bits per heavy atom. The van der Waals surface area contributed by atoms with Gasteiger partial charge in [0.15, 0.2) is 0 Å². The molecule has 0 aliphatic carbocycles. The van der Waals surface area contributed by atoms with Crippen LogP contribution in [0, 0.1) is 0 Å². The first-order valence-electron chi connectivity index (χ1n) is 4.51. The van der Waals surface area contributed by atoms with Gasteiger partial charge in [-0.1, -0.05) is 6.92 Å². The van der Waals surface area contributed by atoms with Gasteiger partial charge in [0, 0.05) is 12.6 Å². The van der Waals surface area contributed by atoms with E-state index in [0.29, 0.717) is 6.04 Å². The number of nitrogens with zero attached hydrogens (tertiary/aromatic N) is 1. The molecule has 1 heterocycles. The summed E-state index contributed by atoms with van der Waals surface area (Å²) in [5.74, 6) is 0. The summed E-state index contributed by atoms with van der Waals surface area (Å²) in [7, 11) is 0. The molecule has 2 heteroatoms. The molecular formula is C9H19NO. The topological polar surface area (TPSA) is 23.5 Å². The lowest BCUT2D eigenvalue weighted by Crippen LogP contribution is -2.49. The van der Waals surface area contributed by atoms with Crippen molar-refractivity contribution in [2.75, 3.05) is 13.1 Å². The molecule has 0 bridgehead atoms. The predicted molar refractivity (Wildman–Crippen MR) is 46.6 cm³/mol. The lowest BCUT2D eigenvalue weighted by molar-refractivity contribution is -0.0330. The van der Waals surface area contributed by atoms with Crippen LogP contribution in [-0.2, 0) is 0 Å². The fourth-order valence-corrected chi connectivity index (χ4v) is 1.80. The first kappa shape index (κ1) is 9.01. The molecule has 1 aliphatic heterocycles. The highest BCUT2D eigenvalue weighted by Gasteiger charge is 2.31. The van der Waals surface area contributed by atoms with Crippen molar-refractivity contribution in [1.29, 1.82) is 0 Å². The zero-order valence-corrected chi connectivity index (χ0v) is 7.80. The maximum Gasteiger partial charge on any atom is 0.0746 e. The van der Waals surface area contributed by atoms with Crippen LogP contribution >= 0.6 is 0 Å². The third-order valence-electron chi connectivity index (χ3n) is 2.67. The molecule has 1 N–H and O–H groups in total. The zero-order chi connectivity index (χ0) is 8.48. The van der Waals surface area contributed by atoms with Gasteiger partial charge in [-0.15, -0.1) is 0 Å². The molecule has 0 aromatic rings. The van der Waals surface area contributed by atoms with E-state index in [1.165, 1.54) is 0 Å². The van der Waals surface area contributed by atoms with E-state index in [1.54, 1.807) is 0 Å². The van der Waals surface area contributed by atoms with Crippen LogP contribution in [0.15, 0.2) is 0 Å². The average molecular weight is 157 g/mol. The Bertz CT molecular complexity index is 134. The van der Waals surface area contributed by atoms with Gasteiger partial charge in [-0.05, 0) is 33.2 Å². The van der Waals surface area contributed by atoms with Crippen molar-refractivity contribution in [3.05, 3.63) is 0 Å². The Hall–Kier alpha value is -0.0800. The van der Waals surface area contributed by atoms with Crippen molar-refractivity contribution in [3.8, 4) is 0 Å². The molecule has 0 unspecified atom stereocenters. The molecule has 1 rings (SSSR count). The van der Waals surface area contributed by atoms with E-state index in [1.807, 2.05) is 6.92 Å². The molecule has 1 saturated heterocycles. The fraction of sp³-hybridized carbons (Fsp3) is 1.00. The van der Waals surface area contributed by atoms with Crippen molar-refractivity contribution in [3.63, 3.8) is 0 Å². The Morgan fingerprint density at radius 3 is 2.73 bits per heavy atom. The van der Waals surface area contributed by atoms with Gasteiger partial charge < -0.3 is 5.11 Å². The Morgan fingerprint density at radius 1 is 1.64 bits per heavy atom. The van der Waals surface area contributed by atoms with Gasteiger partial charge in [-0.3, -0.25) is 4.90 Å². The average Bonchev–Trinajstić information content (AvgIpc) is 1.94. The van der Waals surface area contributed by atoms with Gasteiger partial charge in [-0.25, -0.2) is 0 Å². The van der Waals surface area contributed by atoms with E-state index < -0.39 is 5.60 Å². The number of rotatable bonds is 1. The van der Waals surface area contributed by atoms with E-state index in [9.17, 15) is 5.11 Å². The number of hydrogen-bond donors (Lipinski definition) is 1. The zero-order valence-electron chi connectivity index (χ0n) is 7.80. The van der Waals surface area contributed by atoms with E-state index >= 15 is 0 Å². The quantitative estimate of drug-likeness (QED) is 0.619. The summed E-state index contributed by atoms with van der Waals surface area (Å²) in [5.41, 5.74) is -0.442. The molecular weight excluding hydrogens is 138 g/mol. The van der Waals surface area contributed by atoms with Gasteiger partial charge in [0.1, 0.15) is 0 Å². The minimum Gasteiger partial charge on any atom is -0.389 e. The van der Waals surface area contributed by atoms with E-state index in [4.69, 9.17) is 0 Å². The van der Waals surface area contributed by atoms with Gasteiger partial charge >= 0.3 is 0 Å². The standard InChI is InChI=1S/C9H19NO/c1-4-10-7-9(3,11)6-5-8(10)2/h8,11H,4-7H2,1-3H3/t8-,9+/m1/s1. The summed E-state index contributed by atoms with van der Waals surface area (Å²) >= 11 is 0. The number of β-amino-alcohol motifs (C(OH)–C–C–N with tert-alkyl or cyclic N) is 1. The summed E-state index contributed by atoms with van der Waals surface area (Å²) < 4.78 is 0. The van der Waals surface area contributed by atoms with Crippen LogP contribution in [0.2, 0.25) is 0 Å². The Labute approximate surface area is 69.2 Å². The first-order chi connectivity index (χ1) is 5.05. The normalized spacial score (nSPS) is 40.9. The van der Waals surface area contributed by atoms with E-state index in [0.717, 1.165) is 25.9 Å². The van der Waals surface area contributed by atoms with Gasteiger partial charge in [0.05, 0.1) is 5.60 Å². The monoisotopic (exact) mass is 157 g/mol. The second-order valence-corrected chi connectivity index (χ2v) is 3.95. The van der Waals surface area contributed by atoms with Crippen LogP contribution in [0.5, 0.6) is 0 Å². The summed E-state index contributed by atoms with van der Waals surface area (Å²) in [5, 5.41) is 9.75. The number of likely N-dealkylation sites (N-methyl/N-ethyl adjacent to an activating group) is 1. The third-order valence-corrected chi connectivity index (χ3v) is 2.67. The number of hydrogen-bond acceptors (Lipinski definition) is 2. The van der Waals surface area contributed by atoms with E-state index in [-0.39, 0.29) is 0 Å². The van der Waals surface area contributed by atoms with Crippen molar-refractivity contribution in [2.24, 2.45) is 0 Å². The van der Waals surface area contributed by atoms with Gasteiger partial charge in [0.25, 0.3) is 0 Å². The maximum absolute atomic E-state index is 9.75. The molecule has 0 saturated carbocycles. The van der Waals surface area contributed by atoms with Crippen molar-refractivity contribution < 1.29 is 5.11 Å². The molecule has 1 fully saturated rings. The fourth-order valence-electron chi connectivity index (χ4n) is 1.80. The molecule has 0 aromatic carbocycles. The molecule has 0 aromatic heterocycles. The van der Waals surface area contributed by atoms with Crippen LogP contribution in [0.25, 0.3) is 0 Å². The highest BCUT2D eigenvalue weighted by molar-refractivity contribution is 4.86. The van der Waals surface area contributed by atoms with Crippen LogP contribution in [0.1, 0.15) is 33.6 Å². The predicted octanol–water partition coefficient (Wildman–Crippen LogP) is 1.24. The highest BCUT2D eigenvalue weighted by Crippen LogP contribution is 2.24. The summed E-state index contributed by atoms with van der Waals surface area (Å²) in [6.07, 6.45) is 2.07. The lowest BCUT2D eigenvalue weighted by atomic mass is 9.91. The molecule has 0 spiro atoms. The first-order valence-corrected chi connectivity index (χ1v) is 4.51. The molecule has 1 aliphatic rings. The van der Waals surface area contributed by atoms with Crippen molar-refractivity contribution in [2.45, 2.75) is 45.3 Å². The second kappa shape index (κ2) is 3.11. The van der Waals surface area contributed by atoms with Gasteiger partial charge in [-0.2, -0.15) is 0 Å². The van der Waals surface area contributed by atoms with Crippen LogP contribution in [0.3, 0.4) is 0 Å².